The molecule has 1 aliphatic rings. The molecule has 7 heteroatoms. The minimum atomic E-state index is -0.565. The van der Waals surface area contributed by atoms with Gasteiger partial charge in [0.1, 0.15) is 11.4 Å². The Labute approximate surface area is 190 Å². The van der Waals surface area contributed by atoms with Gasteiger partial charge in [-0.05, 0) is 53.8 Å². The maximum atomic E-state index is 13.6. The first-order valence-electron chi connectivity index (χ1n) is 10.2. The van der Waals surface area contributed by atoms with Gasteiger partial charge in [0.25, 0.3) is 11.5 Å². The normalized spacial score (nSPS) is 14.7. The van der Waals surface area contributed by atoms with Crippen LogP contribution in [0.4, 0.5) is 10.1 Å². The second-order valence-corrected chi connectivity index (χ2v) is 9.21. The first kappa shape index (κ1) is 22.0. The summed E-state index contributed by atoms with van der Waals surface area (Å²) in [6.45, 7) is 3.87. The lowest BCUT2D eigenvalue weighted by Gasteiger charge is -2.32. The number of amides is 1. The van der Waals surface area contributed by atoms with Crippen LogP contribution < -0.4 is 10.5 Å². The zero-order valence-electron chi connectivity index (χ0n) is 18.0. The van der Waals surface area contributed by atoms with E-state index < -0.39 is 22.7 Å². The lowest BCUT2D eigenvalue weighted by Crippen LogP contribution is -2.39. The fourth-order valence-corrected chi connectivity index (χ4v) is 4.42. The topological polar surface area (TPSA) is 59.4 Å². The van der Waals surface area contributed by atoms with Gasteiger partial charge in [0, 0.05) is 30.9 Å². The Morgan fingerprint density at radius 2 is 1.72 bits per heavy atom. The van der Waals surface area contributed by atoms with Gasteiger partial charge in [-0.15, -0.1) is 0 Å². The maximum absolute atomic E-state index is 13.6. The van der Waals surface area contributed by atoms with E-state index in [2.05, 4.69) is 0 Å². The summed E-state index contributed by atoms with van der Waals surface area (Å²) in [5.74, 6) is -1.14. The van der Waals surface area contributed by atoms with Crippen LogP contribution in [0.5, 0.6) is 0 Å². The number of fused-ring (bicyclic) bond motifs is 1. The fraction of sp³-hybridized carbons (Fsp3) is 0.240. The van der Waals surface area contributed by atoms with E-state index in [9.17, 15) is 18.8 Å². The number of rotatable bonds is 3. The van der Waals surface area contributed by atoms with Gasteiger partial charge in [0.2, 0.25) is 0 Å². The van der Waals surface area contributed by atoms with E-state index in [0.29, 0.717) is 40.4 Å². The van der Waals surface area contributed by atoms with Gasteiger partial charge < -0.3 is 4.90 Å². The van der Waals surface area contributed by atoms with E-state index in [4.69, 9.17) is 11.6 Å². The lowest BCUT2D eigenvalue weighted by atomic mass is 9.73. The van der Waals surface area contributed by atoms with Gasteiger partial charge in [-0.25, -0.2) is 4.39 Å². The molecule has 0 spiro atoms. The minimum absolute atomic E-state index is 0.0737. The molecule has 164 valence electrons. The van der Waals surface area contributed by atoms with Crippen molar-refractivity contribution in [2.24, 2.45) is 5.41 Å². The molecule has 2 aromatic carbocycles. The van der Waals surface area contributed by atoms with Crippen molar-refractivity contribution in [3.63, 3.8) is 0 Å². The molecule has 32 heavy (non-hydrogen) atoms. The first-order chi connectivity index (χ1) is 15.1. The number of hydrogen-bond acceptors (Lipinski definition) is 3. The highest BCUT2D eigenvalue weighted by molar-refractivity contribution is 6.34. The summed E-state index contributed by atoms with van der Waals surface area (Å²) in [5.41, 5.74) is 0.566. The predicted molar refractivity (Wildman–Crippen MR) is 123 cm³/mol. The van der Waals surface area contributed by atoms with Gasteiger partial charge in [-0.3, -0.25) is 19.0 Å². The third-order valence-electron chi connectivity index (χ3n) is 5.75. The highest BCUT2D eigenvalue weighted by atomic mass is 35.5. The van der Waals surface area contributed by atoms with Gasteiger partial charge in [0.05, 0.1) is 10.7 Å². The number of pyridine rings is 1. The van der Waals surface area contributed by atoms with Crippen molar-refractivity contribution >= 4 is 29.0 Å². The largest absolute Gasteiger partial charge is 0.310 e. The quantitative estimate of drug-likeness (QED) is 0.558. The fourth-order valence-electron chi connectivity index (χ4n) is 4.16. The standard InChI is InChI=1S/C25H22ClFN2O3/c1-25(2)12-17-18(21(30)13-25)14-29(16-10-8-15(27)9-11-16)24(32)22(17)23(31)28(3)20-7-5-4-6-19(20)26/h4-11,14H,12-13H2,1-3H3. The van der Waals surface area contributed by atoms with Gasteiger partial charge in [-0.1, -0.05) is 37.6 Å². The maximum Gasteiger partial charge on any atom is 0.268 e. The second kappa shape index (κ2) is 8.02. The average Bonchev–Trinajstić information content (AvgIpc) is 2.73. The molecular formula is C25H22ClFN2O3. The third kappa shape index (κ3) is 3.86. The van der Waals surface area contributed by atoms with E-state index >= 15 is 0 Å². The van der Waals surface area contributed by atoms with E-state index in [1.165, 1.54) is 39.9 Å². The van der Waals surface area contributed by atoms with E-state index in [1.54, 1.807) is 31.3 Å². The van der Waals surface area contributed by atoms with Crippen LogP contribution in [0.2, 0.25) is 5.02 Å². The lowest BCUT2D eigenvalue weighted by molar-refractivity contribution is 0.0910. The second-order valence-electron chi connectivity index (χ2n) is 8.80. The SMILES string of the molecule is CN(C(=O)c1c2c(cn(-c3ccc(F)cc3)c1=O)C(=O)CC(C)(C)C2)c1ccccc1Cl. The number of aromatic nitrogens is 1. The minimum Gasteiger partial charge on any atom is -0.310 e. The molecule has 1 aromatic heterocycles. The van der Waals surface area contributed by atoms with Crippen LogP contribution in [0.15, 0.2) is 59.5 Å². The van der Waals surface area contributed by atoms with Crippen molar-refractivity contribution in [1.29, 1.82) is 0 Å². The molecule has 1 heterocycles. The summed E-state index contributed by atoms with van der Waals surface area (Å²) in [7, 11) is 1.54. The van der Waals surface area contributed by atoms with Crippen LogP contribution in [0.3, 0.4) is 0 Å². The molecule has 0 aliphatic heterocycles. The summed E-state index contributed by atoms with van der Waals surface area (Å²) in [4.78, 5) is 41.5. The van der Waals surface area contributed by atoms with Crippen molar-refractivity contribution < 1.29 is 14.0 Å². The monoisotopic (exact) mass is 452 g/mol. The zero-order chi connectivity index (χ0) is 23.2. The van der Waals surface area contributed by atoms with Crippen LogP contribution in [0, 0.1) is 11.2 Å². The highest BCUT2D eigenvalue weighted by Crippen LogP contribution is 2.36. The number of ketones is 1. The number of carbonyl (C=O) groups excluding carboxylic acids is 2. The highest BCUT2D eigenvalue weighted by Gasteiger charge is 2.36. The Morgan fingerprint density at radius 3 is 2.38 bits per heavy atom. The number of hydrogen-bond donors (Lipinski definition) is 0. The number of Topliss-reactive ketones (excluding diaryl/α,β-unsaturated/α-hetero) is 1. The summed E-state index contributed by atoms with van der Waals surface area (Å²) < 4.78 is 14.7. The predicted octanol–water partition coefficient (Wildman–Crippen LogP) is 5.06. The van der Waals surface area contributed by atoms with Gasteiger partial charge >= 0.3 is 0 Å². The number of benzene rings is 2. The van der Waals surface area contributed by atoms with Crippen LogP contribution in [0.1, 0.15) is 46.5 Å². The number of para-hydroxylation sites is 1. The molecule has 3 aromatic rings. The molecule has 5 nitrogen and oxygen atoms in total. The molecule has 4 rings (SSSR count). The molecule has 0 N–H and O–H groups in total. The van der Waals surface area contributed by atoms with E-state index in [1.807, 2.05) is 13.8 Å². The number of nitrogens with zero attached hydrogens (tertiary/aromatic N) is 2. The molecule has 0 fully saturated rings. The van der Waals surface area contributed by atoms with Crippen molar-refractivity contribution in [2.45, 2.75) is 26.7 Å². The Kier molecular flexibility index (Phi) is 5.51. The average molecular weight is 453 g/mol. The van der Waals surface area contributed by atoms with E-state index in [-0.39, 0.29) is 11.3 Å². The van der Waals surface area contributed by atoms with Crippen molar-refractivity contribution in [3.05, 3.63) is 92.6 Å². The number of anilines is 1. The van der Waals surface area contributed by atoms with Crippen LogP contribution in [0.25, 0.3) is 5.69 Å². The molecule has 0 radical (unpaired) electrons. The molecule has 0 atom stereocenters. The van der Waals surface area contributed by atoms with Crippen LogP contribution >= 0.6 is 11.6 Å². The zero-order valence-corrected chi connectivity index (χ0v) is 18.7. The van der Waals surface area contributed by atoms with E-state index in [0.717, 1.165) is 0 Å². The first-order valence-corrected chi connectivity index (χ1v) is 10.6. The molecule has 0 saturated heterocycles. The molecule has 0 unspecified atom stereocenters. The Bertz CT molecular complexity index is 1300. The smallest absolute Gasteiger partial charge is 0.268 e. The summed E-state index contributed by atoms with van der Waals surface area (Å²) in [6, 6.07) is 12.2. The number of carbonyl (C=O) groups is 2. The molecule has 0 bridgehead atoms. The Balaban J connectivity index is 1.97. The summed E-state index contributed by atoms with van der Waals surface area (Å²) in [5, 5.41) is 0.364. The third-order valence-corrected chi connectivity index (χ3v) is 6.07. The number of halogens is 2. The van der Waals surface area contributed by atoms with Crippen molar-refractivity contribution in [1.82, 2.24) is 4.57 Å². The van der Waals surface area contributed by atoms with Crippen molar-refractivity contribution in [3.8, 4) is 5.69 Å². The molecule has 1 amide bonds. The summed E-state index contributed by atoms with van der Waals surface area (Å²) in [6.07, 6.45) is 2.18. The summed E-state index contributed by atoms with van der Waals surface area (Å²) >= 11 is 6.28. The van der Waals surface area contributed by atoms with Crippen molar-refractivity contribution in [2.75, 3.05) is 11.9 Å². The van der Waals surface area contributed by atoms with Gasteiger partial charge in [0.15, 0.2) is 5.78 Å². The molecule has 1 aliphatic carbocycles. The van der Waals surface area contributed by atoms with Gasteiger partial charge in [-0.2, -0.15) is 0 Å². The Hall–Kier alpha value is -3.25. The van der Waals surface area contributed by atoms with Crippen LogP contribution in [-0.2, 0) is 6.42 Å². The molecule has 0 saturated carbocycles. The van der Waals surface area contributed by atoms with Crippen LogP contribution in [-0.4, -0.2) is 23.3 Å². The Morgan fingerprint density at radius 1 is 1.06 bits per heavy atom. The molecular weight excluding hydrogens is 431 g/mol.